The largest absolute Gasteiger partial charge is 0.497 e. The molecule has 1 fully saturated rings. The summed E-state index contributed by atoms with van der Waals surface area (Å²) in [6.07, 6.45) is 1.37. The maximum Gasteiger partial charge on any atom is 0.118 e. The van der Waals surface area contributed by atoms with Crippen molar-refractivity contribution in [2.45, 2.75) is 19.4 Å². The highest BCUT2D eigenvalue weighted by atomic mass is 16.5. The van der Waals surface area contributed by atoms with E-state index in [9.17, 15) is 0 Å². The number of nitrogens with zero attached hydrogens (tertiary/aromatic N) is 1. The number of hydrogen-bond acceptors (Lipinski definition) is 3. The molecule has 1 aromatic carbocycles. The Kier molecular flexibility index (Phi) is 4.25. The molecule has 0 heterocycles. The number of likely N-dealkylation sites (N-methyl/N-ethyl adjacent to an activating group) is 1. The van der Waals surface area contributed by atoms with Gasteiger partial charge >= 0.3 is 0 Å². The molecule has 2 N–H and O–H groups in total. The Morgan fingerprint density at radius 2 is 2.00 bits per heavy atom. The van der Waals surface area contributed by atoms with Gasteiger partial charge in [-0.15, -0.1) is 0 Å². The molecule has 3 nitrogen and oxygen atoms in total. The number of ether oxygens (including phenoxy) is 1. The molecular weight excluding hydrogens is 224 g/mol. The average Bonchev–Trinajstić information content (AvgIpc) is 3.06. The van der Waals surface area contributed by atoms with Crippen molar-refractivity contribution in [1.82, 2.24) is 4.90 Å². The lowest BCUT2D eigenvalue weighted by atomic mass is 10.1. The number of rotatable bonds is 6. The van der Waals surface area contributed by atoms with Crippen LogP contribution in [0.5, 0.6) is 5.75 Å². The zero-order chi connectivity index (χ0) is 13.1. The highest BCUT2D eigenvalue weighted by Gasteiger charge is 2.34. The van der Waals surface area contributed by atoms with Crippen LogP contribution in [0.15, 0.2) is 24.3 Å². The molecule has 1 aliphatic carbocycles. The van der Waals surface area contributed by atoms with Crippen LogP contribution < -0.4 is 10.5 Å². The maximum absolute atomic E-state index is 5.93. The van der Waals surface area contributed by atoms with Crippen LogP contribution in [0.1, 0.15) is 24.9 Å². The zero-order valence-electron chi connectivity index (χ0n) is 11.6. The first kappa shape index (κ1) is 13.4. The Morgan fingerprint density at radius 3 is 2.44 bits per heavy atom. The van der Waals surface area contributed by atoms with Gasteiger partial charge in [-0.1, -0.05) is 19.1 Å². The summed E-state index contributed by atoms with van der Waals surface area (Å²) in [5.41, 5.74) is 7.21. The number of hydrogen-bond donors (Lipinski definition) is 1. The fourth-order valence-corrected chi connectivity index (χ4v) is 2.55. The van der Waals surface area contributed by atoms with Gasteiger partial charge in [0.05, 0.1) is 7.11 Å². The minimum atomic E-state index is 0.309. The van der Waals surface area contributed by atoms with Crippen LogP contribution in [-0.4, -0.2) is 32.1 Å². The highest BCUT2D eigenvalue weighted by Crippen LogP contribution is 2.39. The van der Waals surface area contributed by atoms with E-state index in [0.717, 1.165) is 24.1 Å². The lowest BCUT2D eigenvalue weighted by Gasteiger charge is -2.27. The Bertz CT molecular complexity index is 377. The van der Waals surface area contributed by atoms with E-state index in [-0.39, 0.29) is 0 Å². The van der Waals surface area contributed by atoms with Crippen LogP contribution in [-0.2, 0) is 0 Å². The van der Waals surface area contributed by atoms with Gasteiger partial charge in [0.25, 0.3) is 0 Å². The van der Waals surface area contributed by atoms with E-state index < -0.39 is 0 Å². The number of methoxy groups -OCH3 is 1. The first-order valence-corrected chi connectivity index (χ1v) is 6.70. The van der Waals surface area contributed by atoms with Crippen LogP contribution in [0, 0.1) is 11.8 Å². The monoisotopic (exact) mass is 248 g/mol. The third-order valence-electron chi connectivity index (χ3n) is 4.05. The number of nitrogens with two attached hydrogens (primary N) is 1. The summed E-state index contributed by atoms with van der Waals surface area (Å²) in [4.78, 5) is 2.38. The van der Waals surface area contributed by atoms with Crippen LogP contribution in [0.4, 0.5) is 0 Å². The second-order valence-corrected chi connectivity index (χ2v) is 5.44. The predicted octanol–water partition coefficient (Wildman–Crippen LogP) is 2.28. The molecule has 3 unspecified atom stereocenters. The summed E-state index contributed by atoms with van der Waals surface area (Å²) < 4.78 is 5.19. The van der Waals surface area contributed by atoms with Crippen LogP contribution in [0.25, 0.3) is 0 Å². The summed E-state index contributed by atoms with van der Waals surface area (Å²) in [7, 11) is 3.86. The maximum atomic E-state index is 5.93. The lowest BCUT2D eigenvalue weighted by Crippen LogP contribution is -2.32. The van der Waals surface area contributed by atoms with Crippen molar-refractivity contribution in [3.05, 3.63) is 29.8 Å². The SMILES string of the molecule is COc1ccc(C(CN)N(C)CC2CC2C)cc1. The Labute approximate surface area is 110 Å². The van der Waals surface area contributed by atoms with Crippen LogP contribution in [0.3, 0.4) is 0 Å². The topological polar surface area (TPSA) is 38.5 Å². The summed E-state index contributed by atoms with van der Waals surface area (Å²) in [5.74, 6) is 2.65. The van der Waals surface area contributed by atoms with E-state index in [1.54, 1.807) is 7.11 Å². The fourth-order valence-electron chi connectivity index (χ4n) is 2.55. The molecule has 1 aromatic rings. The molecule has 0 amide bonds. The molecule has 1 aliphatic rings. The van der Waals surface area contributed by atoms with Gasteiger partial charge in [0, 0.05) is 19.1 Å². The van der Waals surface area contributed by atoms with E-state index in [1.807, 2.05) is 12.1 Å². The second kappa shape index (κ2) is 5.72. The van der Waals surface area contributed by atoms with Crippen molar-refractivity contribution in [1.29, 1.82) is 0 Å². The van der Waals surface area contributed by atoms with Gasteiger partial charge in [0.1, 0.15) is 5.75 Å². The summed E-state index contributed by atoms with van der Waals surface area (Å²) >= 11 is 0. The van der Waals surface area contributed by atoms with Gasteiger partial charge in [-0.25, -0.2) is 0 Å². The molecule has 0 bridgehead atoms. The minimum absolute atomic E-state index is 0.309. The van der Waals surface area contributed by atoms with Crippen molar-refractivity contribution >= 4 is 0 Å². The van der Waals surface area contributed by atoms with E-state index >= 15 is 0 Å². The number of benzene rings is 1. The molecule has 0 aromatic heterocycles. The van der Waals surface area contributed by atoms with E-state index in [0.29, 0.717) is 12.6 Å². The molecule has 100 valence electrons. The second-order valence-electron chi connectivity index (χ2n) is 5.44. The highest BCUT2D eigenvalue weighted by molar-refractivity contribution is 5.29. The molecular formula is C15H24N2O. The summed E-state index contributed by atoms with van der Waals surface area (Å²) in [6.45, 7) is 4.13. The fraction of sp³-hybridized carbons (Fsp3) is 0.600. The van der Waals surface area contributed by atoms with Crippen molar-refractivity contribution in [2.75, 3.05) is 27.2 Å². The standard InChI is InChI=1S/C15H24N2O/c1-11-8-13(11)10-17(2)15(9-16)12-4-6-14(18-3)7-5-12/h4-7,11,13,15H,8-10,16H2,1-3H3. The van der Waals surface area contributed by atoms with E-state index in [4.69, 9.17) is 10.5 Å². The molecule has 3 atom stereocenters. The van der Waals surface area contributed by atoms with Gasteiger partial charge in [-0.2, -0.15) is 0 Å². The van der Waals surface area contributed by atoms with Gasteiger partial charge in [-0.3, -0.25) is 4.90 Å². The Morgan fingerprint density at radius 1 is 1.39 bits per heavy atom. The lowest BCUT2D eigenvalue weighted by molar-refractivity contribution is 0.236. The quantitative estimate of drug-likeness (QED) is 0.839. The molecule has 1 saturated carbocycles. The zero-order valence-corrected chi connectivity index (χ0v) is 11.6. The Hall–Kier alpha value is -1.06. The molecule has 0 radical (unpaired) electrons. The van der Waals surface area contributed by atoms with Crippen molar-refractivity contribution in [3.8, 4) is 5.75 Å². The van der Waals surface area contributed by atoms with Crippen LogP contribution in [0.2, 0.25) is 0 Å². The van der Waals surface area contributed by atoms with Crippen LogP contribution >= 0.6 is 0 Å². The third kappa shape index (κ3) is 3.03. The molecule has 18 heavy (non-hydrogen) atoms. The minimum Gasteiger partial charge on any atom is -0.497 e. The van der Waals surface area contributed by atoms with Gasteiger partial charge < -0.3 is 10.5 Å². The third-order valence-corrected chi connectivity index (χ3v) is 4.05. The van der Waals surface area contributed by atoms with E-state index in [2.05, 4.69) is 31.0 Å². The smallest absolute Gasteiger partial charge is 0.118 e. The molecule has 2 rings (SSSR count). The first-order chi connectivity index (χ1) is 8.65. The predicted molar refractivity (Wildman–Crippen MR) is 74.7 cm³/mol. The van der Waals surface area contributed by atoms with Crippen molar-refractivity contribution in [3.63, 3.8) is 0 Å². The average molecular weight is 248 g/mol. The Balaban J connectivity index is 2.01. The van der Waals surface area contributed by atoms with Crippen molar-refractivity contribution < 1.29 is 4.74 Å². The van der Waals surface area contributed by atoms with Gasteiger partial charge in [-0.05, 0) is 43.0 Å². The first-order valence-electron chi connectivity index (χ1n) is 6.70. The summed E-state index contributed by atoms with van der Waals surface area (Å²) in [6, 6.07) is 8.55. The van der Waals surface area contributed by atoms with Gasteiger partial charge in [0.2, 0.25) is 0 Å². The molecule has 3 heteroatoms. The molecule has 0 spiro atoms. The van der Waals surface area contributed by atoms with Crippen molar-refractivity contribution in [2.24, 2.45) is 17.6 Å². The van der Waals surface area contributed by atoms with E-state index in [1.165, 1.54) is 12.0 Å². The van der Waals surface area contributed by atoms with Gasteiger partial charge in [0.15, 0.2) is 0 Å². The molecule has 0 saturated heterocycles. The summed E-state index contributed by atoms with van der Waals surface area (Å²) in [5, 5.41) is 0. The molecule has 0 aliphatic heterocycles. The normalized spacial score (nSPS) is 24.1.